The van der Waals surface area contributed by atoms with E-state index in [2.05, 4.69) is 27.4 Å². The van der Waals surface area contributed by atoms with Gasteiger partial charge in [-0.25, -0.2) is 13.2 Å². The van der Waals surface area contributed by atoms with E-state index in [-0.39, 0.29) is 23.6 Å². The molecule has 0 unspecified atom stereocenters. The minimum absolute atomic E-state index is 0.0688. The molecule has 2 heterocycles. The summed E-state index contributed by atoms with van der Waals surface area (Å²) in [6.45, 7) is 8.95. The maximum Gasteiger partial charge on any atom is 0.315 e. The van der Waals surface area contributed by atoms with Crippen molar-refractivity contribution in [1.82, 2.24) is 20.4 Å². The van der Waals surface area contributed by atoms with Crippen molar-refractivity contribution >= 4 is 15.9 Å². The van der Waals surface area contributed by atoms with Crippen LogP contribution >= 0.6 is 0 Å². The lowest BCUT2D eigenvalue weighted by atomic mass is 10.3. The molecule has 2 aliphatic heterocycles. The third-order valence-electron chi connectivity index (χ3n) is 4.19. The number of hydrogen-bond acceptors (Lipinski definition) is 5. The molecule has 1 atom stereocenters. The number of hydrogen-bond donors (Lipinski definition) is 2. The summed E-state index contributed by atoms with van der Waals surface area (Å²) in [5, 5.41) is 5.54. The first kappa shape index (κ1) is 16.5. The van der Waals surface area contributed by atoms with E-state index in [1.54, 1.807) is 0 Å². The van der Waals surface area contributed by atoms with Crippen LogP contribution in [0, 0.1) is 0 Å². The van der Waals surface area contributed by atoms with E-state index in [1.165, 1.54) is 0 Å². The predicted molar refractivity (Wildman–Crippen MR) is 82.1 cm³/mol. The Hall–Kier alpha value is -0.860. The Balaban J connectivity index is 1.58. The second-order valence-corrected chi connectivity index (χ2v) is 8.00. The highest BCUT2D eigenvalue weighted by Crippen LogP contribution is 2.10. The van der Waals surface area contributed by atoms with Gasteiger partial charge in [0.15, 0.2) is 9.84 Å². The van der Waals surface area contributed by atoms with E-state index in [0.29, 0.717) is 13.0 Å². The molecule has 21 heavy (non-hydrogen) atoms. The molecule has 0 spiro atoms. The lowest BCUT2D eigenvalue weighted by molar-refractivity contribution is 0.138. The topological polar surface area (TPSA) is 81.8 Å². The molecule has 0 aromatic rings. The number of rotatable bonds is 5. The Morgan fingerprint density at radius 2 is 1.86 bits per heavy atom. The number of sulfone groups is 1. The van der Waals surface area contributed by atoms with E-state index >= 15 is 0 Å². The second kappa shape index (κ2) is 7.42. The van der Waals surface area contributed by atoms with Crippen LogP contribution in [-0.4, -0.2) is 87.6 Å². The minimum Gasteiger partial charge on any atom is -0.337 e. The number of nitrogens with zero attached hydrogens (tertiary/aromatic N) is 2. The van der Waals surface area contributed by atoms with Crippen molar-refractivity contribution in [1.29, 1.82) is 0 Å². The van der Waals surface area contributed by atoms with Crippen molar-refractivity contribution in [3.63, 3.8) is 0 Å². The summed E-state index contributed by atoms with van der Waals surface area (Å²) in [7, 11) is -2.94. The van der Waals surface area contributed by atoms with Crippen LogP contribution in [0.2, 0.25) is 0 Å². The zero-order valence-electron chi connectivity index (χ0n) is 12.7. The van der Waals surface area contributed by atoms with Crippen LogP contribution < -0.4 is 10.6 Å². The fourth-order valence-electron chi connectivity index (χ4n) is 2.80. The van der Waals surface area contributed by atoms with Gasteiger partial charge in [-0.1, -0.05) is 6.92 Å². The highest BCUT2D eigenvalue weighted by atomic mass is 32.2. The summed E-state index contributed by atoms with van der Waals surface area (Å²) in [5.41, 5.74) is 0. The van der Waals surface area contributed by atoms with Crippen molar-refractivity contribution in [2.75, 3.05) is 57.3 Å². The van der Waals surface area contributed by atoms with Gasteiger partial charge in [-0.3, -0.25) is 4.90 Å². The Morgan fingerprint density at radius 3 is 2.43 bits per heavy atom. The van der Waals surface area contributed by atoms with Gasteiger partial charge in [0, 0.05) is 45.3 Å². The molecule has 2 rings (SSSR count). The first-order chi connectivity index (χ1) is 9.98. The first-order valence-corrected chi connectivity index (χ1v) is 9.50. The van der Waals surface area contributed by atoms with Gasteiger partial charge in [0.05, 0.1) is 11.5 Å². The fourth-order valence-corrected chi connectivity index (χ4v) is 4.48. The zero-order valence-corrected chi connectivity index (χ0v) is 13.5. The van der Waals surface area contributed by atoms with Crippen molar-refractivity contribution in [2.24, 2.45) is 0 Å². The van der Waals surface area contributed by atoms with Gasteiger partial charge in [-0.05, 0) is 13.0 Å². The lowest BCUT2D eigenvalue weighted by Crippen LogP contribution is -2.49. The van der Waals surface area contributed by atoms with Gasteiger partial charge in [0.2, 0.25) is 0 Å². The largest absolute Gasteiger partial charge is 0.337 e. The van der Waals surface area contributed by atoms with Crippen LogP contribution in [0.15, 0.2) is 0 Å². The summed E-state index contributed by atoms with van der Waals surface area (Å²) in [5.74, 6) is 0.249. The van der Waals surface area contributed by atoms with Crippen molar-refractivity contribution in [3.05, 3.63) is 0 Å². The quantitative estimate of drug-likeness (QED) is 0.687. The second-order valence-electron chi connectivity index (χ2n) is 5.78. The zero-order chi connectivity index (χ0) is 15.3. The standard InChI is InChI=1S/C13H26N4O3S/c1-2-16-6-8-17(9-7-16)5-4-14-13(18)15-12-3-10-21(19,20)11-12/h12H,2-11H2,1H3,(H2,14,15,18)/t12-/m0/s1. The number of amides is 2. The van der Waals surface area contributed by atoms with Gasteiger partial charge in [-0.2, -0.15) is 0 Å². The molecule has 122 valence electrons. The van der Waals surface area contributed by atoms with Crippen LogP contribution in [0.25, 0.3) is 0 Å². The van der Waals surface area contributed by atoms with E-state index in [9.17, 15) is 13.2 Å². The molecule has 0 bridgehead atoms. The van der Waals surface area contributed by atoms with Crippen LogP contribution in [0.5, 0.6) is 0 Å². The normalized spacial score (nSPS) is 26.6. The van der Waals surface area contributed by atoms with Gasteiger partial charge in [-0.15, -0.1) is 0 Å². The van der Waals surface area contributed by atoms with E-state index < -0.39 is 9.84 Å². The molecule has 0 aliphatic carbocycles. The lowest BCUT2D eigenvalue weighted by Gasteiger charge is -2.33. The third-order valence-corrected chi connectivity index (χ3v) is 5.96. The molecule has 0 radical (unpaired) electrons. The minimum atomic E-state index is -2.94. The smallest absolute Gasteiger partial charge is 0.315 e. The molecule has 2 fully saturated rings. The molecule has 2 saturated heterocycles. The molecule has 8 heteroatoms. The van der Waals surface area contributed by atoms with Gasteiger partial charge >= 0.3 is 6.03 Å². The van der Waals surface area contributed by atoms with Crippen LogP contribution in [0.4, 0.5) is 4.79 Å². The molecule has 0 aromatic heterocycles. The average Bonchev–Trinajstić information content (AvgIpc) is 2.78. The highest BCUT2D eigenvalue weighted by molar-refractivity contribution is 7.91. The van der Waals surface area contributed by atoms with Crippen LogP contribution in [0.3, 0.4) is 0 Å². The van der Waals surface area contributed by atoms with Crippen LogP contribution in [0.1, 0.15) is 13.3 Å². The Morgan fingerprint density at radius 1 is 1.19 bits per heavy atom. The molecular weight excluding hydrogens is 292 g/mol. The maximum atomic E-state index is 11.7. The molecule has 2 amide bonds. The molecule has 7 nitrogen and oxygen atoms in total. The van der Waals surface area contributed by atoms with Crippen molar-refractivity contribution in [2.45, 2.75) is 19.4 Å². The number of likely N-dealkylation sites (N-methyl/N-ethyl adjacent to an activating group) is 1. The summed E-state index contributed by atoms with van der Waals surface area (Å²) >= 11 is 0. The van der Waals surface area contributed by atoms with Crippen molar-refractivity contribution in [3.8, 4) is 0 Å². The molecule has 0 aromatic carbocycles. The number of carbonyl (C=O) groups excluding carboxylic acids is 1. The van der Waals surface area contributed by atoms with E-state index in [0.717, 1.165) is 39.3 Å². The summed E-state index contributed by atoms with van der Waals surface area (Å²) in [4.78, 5) is 16.5. The van der Waals surface area contributed by atoms with E-state index in [4.69, 9.17) is 0 Å². The average molecular weight is 318 g/mol. The van der Waals surface area contributed by atoms with Crippen molar-refractivity contribution < 1.29 is 13.2 Å². The third kappa shape index (κ3) is 5.44. The SMILES string of the molecule is CCN1CCN(CCNC(=O)N[C@H]2CCS(=O)(=O)C2)CC1. The Labute approximate surface area is 127 Å². The number of nitrogens with one attached hydrogen (secondary N) is 2. The van der Waals surface area contributed by atoms with Gasteiger partial charge in [0.1, 0.15) is 0 Å². The molecule has 2 aliphatic rings. The molecule has 0 saturated carbocycles. The first-order valence-electron chi connectivity index (χ1n) is 7.68. The summed E-state index contributed by atoms with van der Waals surface area (Å²) < 4.78 is 22.6. The molecular formula is C13H26N4O3S. The number of piperazine rings is 1. The number of carbonyl (C=O) groups is 1. The maximum absolute atomic E-state index is 11.7. The van der Waals surface area contributed by atoms with Crippen LogP contribution in [-0.2, 0) is 9.84 Å². The molecule has 2 N–H and O–H groups in total. The number of urea groups is 1. The monoisotopic (exact) mass is 318 g/mol. The summed E-state index contributed by atoms with van der Waals surface area (Å²) in [6, 6.07) is -0.493. The Bertz CT molecular complexity index is 446. The highest BCUT2D eigenvalue weighted by Gasteiger charge is 2.28. The fraction of sp³-hybridized carbons (Fsp3) is 0.923. The summed E-state index contributed by atoms with van der Waals surface area (Å²) in [6.07, 6.45) is 0.523. The Kier molecular flexibility index (Phi) is 5.83. The van der Waals surface area contributed by atoms with Gasteiger partial charge < -0.3 is 15.5 Å². The van der Waals surface area contributed by atoms with Gasteiger partial charge in [0.25, 0.3) is 0 Å². The van der Waals surface area contributed by atoms with E-state index in [1.807, 2.05) is 0 Å². The predicted octanol–water partition coefficient (Wildman–Crippen LogP) is -0.890.